The zero-order valence-corrected chi connectivity index (χ0v) is 12.9. The van der Waals surface area contributed by atoms with Gasteiger partial charge in [-0.25, -0.2) is 0 Å². The summed E-state index contributed by atoms with van der Waals surface area (Å²) in [6.07, 6.45) is 1.81. The maximum atomic E-state index is 6.27. The van der Waals surface area contributed by atoms with Crippen LogP contribution in [0.1, 0.15) is 63.6 Å². The summed E-state index contributed by atoms with van der Waals surface area (Å²) in [4.78, 5) is 0. The van der Waals surface area contributed by atoms with Crippen molar-refractivity contribution in [2.24, 2.45) is 11.5 Å². The minimum absolute atomic E-state index is 0.0335. The lowest BCUT2D eigenvalue weighted by molar-refractivity contribution is 0.406. The molecule has 1 rings (SSSR count). The van der Waals surface area contributed by atoms with Gasteiger partial charge in [-0.2, -0.15) is 0 Å². The van der Waals surface area contributed by atoms with Crippen LogP contribution in [-0.2, 0) is 0 Å². The molecule has 108 valence electrons. The van der Waals surface area contributed by atoms with Crippen molar-refractivity contribution in [2.75, 3.05) is 7.11 Å². The molecule has 3 heteroatoms. The molecular weight excluding hydrogens is 236 g/mol. The molecule has 0 bridgehead atoms. The second-order valence-electron chi connectivity index (χ2n) is 6.29. The van der Waals surface area contributed by atoms with Gasteiger partial charge in [0.15, 0.2) is 0 Å². The molecule has 0 saturated heterocycles. The first kappa shape index (κ1) is 16.0. The third-order valence-corrected chi connectivity index (χ3v) is 3.40. The SMILES string of the molecule is COc1ccc(C(N)CCC(C)(C)N)cc1C(C)C. The number of nitrogens with two attached hydrogens (primary N) is 2. The first-order valence-corrected chi connectivity index (χ1v) is 6.97. The second kappa shape index (κ2) is 6.40. The molecule has 4 N–H and O–H groups in total. The maximum Gasteiger partial charge on any atom is 0.122 e. The minimum atomic E-state index is -0.162. The van der Waals surface area contributed by atoms with E-state index in [4.69, 9.17) is 16.2 Å². The van der Waals surface area contributed by atoms with Gasteiger partial charge in [0.1, 0.15) is 5.75 Å². The fourth-order valence-electron chi connectivity index (χ4n) is 2.13. The second-order valence-corrected chi connectivity index (χ2v) is 6.29. The predicted octanol–water partition coefficient (Wildman–Crippen LogP) is 3.34. The molecule has 19 heavy (non-hydrogen) atoms. The highest BCUT2D eigenvalue weighted by Crippen LogP contribution is 2.30. The van der Waals surface area contributed by atoms with Crippen LogP contribution in [0.2, 0.25) is 0 Å². The van der Waals surface area contributed by atoms with Crippen LogP contribution >= 0.6 is 0 Å². The lowest BCUT2D eigenvalue weighted by Crippen LogP contribution is -2.32. The van der Waals surface area contributed by atoms with Crippen molar-refractivity contribution in [3.8, 4) is 5.75 Å². The lowest BCUT2D eigenvalue weighted by atomic mass is 9.91. The van der Waals surface area contributed by atoms with Gasteiger partial charge in [-0.15, -0.1) is 0 Å². The van der Waals surface area contributed by atoms with Crippen molar-refractivity contribution in [2.45, 2.75) is 58.0 Å². The van der Waals surface area contributed by atoms with E-state index in [-0.39, 0.29) is 11.6 Å². The molecule has 0 radical (unpaired) electrons. The summed E-state index contributed by atoms with van der Waals surface area (Å²) in [6, 6.07) is 6.26. The van der Waals surface area contributed by atoms with E-state index >= 15 is 0 Å². The van der Waals surface area contributed by atoms with Gasteiger partial charge in [0, 0.05) is 11.6 Å². The van der Waals surface area contributed by atoms with Gasteiger partial charge < -0.3 is 16.2 Å². The molecule has 0 aliphatic carbocycles. The van der Waals surface area contributed by atoms with Crippen molar-refractivity contribution >= 4 is 0 Å². The third-order valence-electron chi connectivity index (χ3n) is 3.40. The van der Waals surface area contributed by atoms with E-state index < -0.39 is 0 Å². The quantitative estimate of drug-likeness (QED) is 0.828. The van der Waals surface area contributed by atoms with E-state index in [0.29, 0.717) is 5.92 Å². The summed E-state index contributed by atoms with van der Waals surface area (Å²) in [5.74, 6) is 1.36. The summed E-state index contributed by atoms with van der Waals surface area (Å²) >= 11 is 0. The van der Waals surface area contributed by atoms with E-state index in [1.807, 2.05) is 19.9 Å². The molecule has 0 saturated carbocycles. The molecule has 1 aromatic carbocycles. The molecule has 3 nitrogen and oxygen atoms in total. The van der Waals surface area contributed by atoms with Crippen molar-refractivity contribution in [3.05, 3.63) is 29.3 Å². The Balaban J connectivity index is 2.86. The Hall–Kier alpha value is -1.06. The minimum Gasteiger partial charge on any atom is -0.496 e. The summed E-state index contributed by atoms with van der Waals surface area (Å²) in [7, 11) is 1.71. The number of rotatable bonds is 6. The molecule has 1 unspecified atom stereocenters. The van der Waals surface area contributed by atoms with Crippen molar-refractivity contribution < 1.29 is 4.74 Å². The van der Waals surface area contributed by atoms with Gasteiger partial charge in [-0.1, -0.05) is 26.0 Å². The molecule has 0 heterocycles. The molecule has 0 spiro atoms. The standard InChI is InChI=1S/C16H28N2O/c1-11(2)13-10-12(6-7-15(13)19-5)14(17)8-9-16(3,4)18/h6-7,10-11,14H,8-9,17-18H2,1-5H3. The Morgan fingerprint density at radius 1 is 1.26 bits per heavy atom. The van der Waals surface area contributed by atoms with Gasteiger partial charge in [0.2, 0.25) is 0 Å². The number of benzene rings is 1. The van der Waals surface area contributed by atoms with Crippen LogP contribution in [0.4, 0.5) is 0 Å². The highest BCUT2D eigenvalue weighted by molar-refractivity contribution is 5.40. The smallest absolute Gasteiger partial charge is 0.122 e. The van der Waals surface area contributed by atoms with E-state index in [0.717, 1.165) is 24.2 Å². The molecule has 0 aliphatic heterocycles. The number of hydrogen-bond donors (Lipinski definition) is 2. The highest BCUT2D eigenvalue weighted by atomic mass is 16.5. The molecule has 0 aromatic heterocycles. The molecule has 0 amide bonds. The average Bonchev–Trinajstić information content (AvgIpc) is 2.34. The Kier molecular flexibility index (Phi) is 5.39. The lowest BCUT2D eigenvalue weighted by Gasteiger charge is -2.22. The van der Waals surface area contributed by atoms with E-state index in [1.54, 1.807) is 7.11 Å². The summed E-state index contributed by atoms with van der Waals surface area (Å²) in [6.45, 7) is 8.40. The average molecular weight is 264 g/mol. The summed E-state index contributed by atoms with van der Waals surface area (Å²) in [5, 5.41) is 0. The zero-order valence-electron chi connectivity index (χ0n) is 12.9. The molecule has 0 fully saturated rings. The maximum absolute atomic E-state index is 6.27. The van der Waals surface area contributed by atoms with Gasteiger partial charge in [0.05, 0.1) is 7.11 Å². The van der Waals surface area contributed by atoms with Crippen LogP contribution in [0.15, 0.2) is 18.2 Å². The molecular formula is C16H28N2O. The van der Waals surface area contributed by atoms with Crippen LogP contribution in [0, 0.1) is 0 Å². The Morgan fingerprint density at radius 2 is 1.89 bits per heavy atom. The van der Waals surface area contributed by atoms with Gasteiger partial charge >= 0.3 is 0 Å². The molecule has 1 atom stereocenters. The van der Waals surface area contributed by atoms with Crippen LogP contribution in [0.3, 0.4) is 0 Å². The van der Waals surface area contributed by atoms with E-state index in [9.17, 15) is 0 Å². The topological polar surface area (TPSA) is 61.3 Å². The number of methoxy groups -OCH3 is 1. The fraction of sp³-hybridized carbons (Fsp3) is 0.625. The van der Waals surface area contributed by atoms with Crippen molar-refractivity contribution in [1.29, 1.82) is 0 Å². The monoisotopic (exact) mass is 264 g/mol. The van der Waals surface area contributed by atoms with Crippen molar-refractivity contribution in [3.63, 3.8) is 0 Å². The predicted molar refractivity (Wildman–Crippen MR) is 81.5 cm³/mol. The fourth-order valence-corrected chi connectivity index (χ4v) is 2.13. The normalized spacial score (nSPS) is 13.7. The third kappa shape index (κ3) is 4.84. The first-order chi connectivity index (χ1) is 8.74. The van der Waals surface area contributed by atoms with Crippen LogP contribution in [0.25, 0.3) is 0 Å². The summed E-state index contributed by atoms with van der Waals surface area (Å²) in [5.41, 5.74) is 14.5. The van der Waals surface area contributed by atoms with Gasteiger partial charge in [-0.05, 0) is 49.8 Å². The van der Waals surface area contributed by atoms with Crippen LogP contribution in [0.5, 0.6) is 5.75 Å². The summed E-state index contributed by atoms with van der Waals surface area (Å²) < 4.78 is 5.39. The van der Waals surface area contributed by atoms with Crippen LogP contribution in [-0.4, -0.2) is 12.6 Å². The zero-order chi connectivity index (χ0) is 14.6. The van der Waals surface area contributed by atoms with E-state index in [2.05, 4.69) is 26.0 Å². The molecule has 1 aromatic rings. The Bertz CT molecular complexity index is 408. The van der Waals surface area contributed by atoms with Crippen LogP contribution < -0.4 is 16.2 Å². The first-order valence-electron chi connectivity index (χ1n) is 6.97. The van der Waals surface area contributed by atoms with Gasteiger partial charge in [-0.3, -0.25) is 0 Å². The Morgan fingerprint density at radius 3 is 2.37 bits per heavy atom. The number of hydrogen-bond acceptors (Lipinski definition) is 3. The highest BCUT2D eigenvalue weighted by Gasteiger charge is 2.16. The molecule has 0 aliphatic rings. The number of ether oxygens (including phenoxy) is 1. The van der Waals surface area contributed by atoms with E-state index in [1.165, 1.54) is 5.56 Å². The Labute approximate surface area is 117 Å². The van der Waals surface area contributed by atoms with Crippen molar-refractivity contribution in [1.82, 2.24) is 0 Å². The largest absolute Gasteiger partial charge is 0.496 e. The van der Waals surface area contributed by atoms with Gasteiger partial charge in [0.25, 0.3) is 0 Å².